The van der Waals surface area contributed by atoms with Crippen LogP contribution in [0.3, 0.4) is 0 Å². The third kappa shape index (κ3) is 5.60. The van der Waals surface area contributed by atoms with E-state index in [9.17, 15) is 0 Å². The number of benzene rings is 9. The fourth-order valence-electron chi connectivity index (χ4n) is 7.74. The third-order valence-corrected chi connectivity index (χ3v) is 10.3. The molecule has 0 N–H and O–H groups in total. The molecule has 0 unspecified atom stereocenters. The third-order valence-electron chi connectivity index (χ3n) is 10.3. The van der Waals surface area contributed by atoms with Crippen LogP contribution in [0.25, 0.3) is 99.9 Å². The minimum Gasteiger partial charge on any atom is -0.208 e. The van der Waals surface area contributed by atoms with E-state index in [1.54, 1.807) is 0 Å². The molecule has 0 fully saturated rings. The number of fused-ring (bicyclic) bond motifs is 4. The Morgan fingerprint density at radius 1 is 0.241 bits per heavy atom. The molecule has 0 aliphatic rings. The van der Waals surface area contributed by atoms with Crippen molar-refractivity contribution < 1.29 is 0 Å². The zero-order chi connectivity index (χ0) is 35.8. The molecule has 10 aromatic rings. The summed E-state index contributed by atoms with van der Waals surface area (Å²) < 4.78 is 0. The number of aromatic nitrogens is 3. The second-order valence-electron chi connectivity index (χ2n) is 13.6. The summed E-state index contributed by atoms with van der Waals surface area (Å²) in [6, 6.07) is 70.5. The molecule has 3 heteroatoms. The molecule has 0 saturated carbocycles. The van der Waals surface area contributed by atoms with Gasteiger partial charge in [0, 0.05) is 16.7 Å². The summed E-state index contributed by atoms with van der Waals surface area (Å²) in [6.45, 7) is 0. The number of hydrogen-bond donors (Lipinski definition) is 0. The Morgan fingerprint density at radius 2 is 0.722 bits per heavy atom. The highest BCUT2D eigenvalue weighted by Crippen LogP contribution is 2.43. The predicted octanol–water partition coefficient (Wildman–Crippen LogP) is 13.3. The Hall–Kier alpha value is -7.23. The summed E-state index contributed by atoms with van der Waals surface area (Å²) in [4.78, 5) is 15.8. The summed E-state index contributed by atoms with van der Waals surface area (Å²) >= 11 is 0. The lowest BCUT2D eigenvalue weighted by Crippen LogP contribution is -2.02. The molecule has 1 heterocycles. The zero-order valence-electron chi connectivity index (χ0n) is 29.4. The molecule has 1 aromatic heterocycles. The van der Waals surface area contributed by atoms with Crippen molar-refractivity contribution in [3.05, 3.63) is 200 Å². The Balaban J connectivity index is 1.23. The summed E-state index contributed by atoms with van der Waals surface area (Å²) in [5, 5.41) is 7.26. The first-order chi connectivity index (χ1) is 26.8. The van der Waals surface area contributed by atoms with E-state index in [1.165, 1.54) is 43.4 Å². The maximum absolute atomic E-state index is 5.32. The molecule has 0 radical (unpaired) electrons. The van der Waals surface area contributed by atoms with Gasteiger partial charge < -0.3 is 0 Å². The molecule has 0 bridgehead atoms. The van der Waals surface area contributed by atoms with Crippen molar-refractivity contribution in [2.45, 2.75) is 0 Å². The van der Waals surface area contributed by atoms with Gasteiger partial charge in [-0.05, 0) is 71.8 Å². The quantitative estimate of drug-likeness (QED) is 0.129. The van der Waals surface area contributed by atoms with Crippen LogP contribution in [0.1, 0.15) is 0 Å². The van der Waals surface area contributed by atoms with E-state index in [-0.39, 0.29) is 0 Å². The molecule has 9 aromatic carbocycles. The van der Waals surface area contributed by atoms with Gasteiger partial charge in [0.25, 0.3) is 0 Å². The molecular weight excluding hydrogens is 655 g/mol. The second-order valence-corrected chi connectivity index (χ2v) is 13.6. The van der Waals surface area contributed by atoms with Crippen LogP contribution in [-0.2, 0) is 0 Å². The van der Waals surface area contributed by atoms with Gasteiger partial charge in [-0.2, -0.15) is 0 Å². The van der Waals surface area contributed by atoms with Crippen LogP contribution < -0.4 is 0 Å². The Labute approximate surface area is 313 Å². The molecule has 0 spiro atoms. The molecule has 3 nitrogen and oxygen atoms in total. The fourth-order valence-corrected chi connectivity index (χ4v) is 7.74. The number of rotatable bonds is 6. The summed E-state index contributed by atoms with van der Waals surface area (Å²) in [6.07, 6.45) is 0. The van der Waals surface area contributed by atoms with Crippen molar-refractivity contribution in [1.29, 1.82) is 0 Å². The van der Waals surface area contributed by atoms with Gasteiger partial charge >= 0.3 is 0 Å². The maximum Gasteiger partial charge on any atom is 0.164 e. The highest BCUT2D eigenvalue weighted by atomic mass is 15.0. The van der Waals surface area contributed by atoms with Crippen LogP contribution >= 0.6 is 0 Å². The van der Waals surface area contributed by atoms with Gasteiger partial charge in [0.05, 0.1) is 0 Å². The largest absolute Gasteiger partial charge is 0.208 e. The van der Waals surface area contributed by atoms with Gasteiger partial charge in [-0.3, -0.25) is 0 Å². The highest BCUT2D eigenvalue weighted by molar-refractivity contribution is 6.21. The predicted molar refractivity (Wildman–Crippen MR) is 225 cm³/mol. The molecule has 0 amide bonds. The van der Waals surface area contributed by atoms with Crippen LogP contribution in [0.15, 0.2) is 200 Å². The Kier molecular flexibility index (Phi) is 7.81. The molecule has 10 rings (SSSR count). The SMILES string of the molecule is c1ccc(-c2ccc(-c3nc(-c4ccccc4-c4ccccc4)nc(-c4ccccc4-c4c5ccccc5cc5c4ccc4ccccc45)n3)cc2)cc1. The van der Waals surface area contributed by atoms with E-state index in [2.05, 4.69) is 188 Å². The molecule has 54 heavy (non-hydrogen) atoms. The van der Waals surface area contributed by atoms with Crippen molar-refractivity contribution in [3.63, 3.8) is 0 Å². The first-order valence-electron chi connectivity index (χ1n) is 18.3. The van der Waals surface area contributed by atoms with E-state index in [4.69, 9.17) is 15.0 Å². The lowest BCUT2D eigenvalue weighted by molar-refractivity contribution is 1.07. The van der Waals surface area contributed by atoms with Crippen LogP contribution in [0, 0.1) is 0 Å². The first-order valence-corrected chi connectivity index (χ1v) is 18.3. The van der Waals surface area contributed by atoms with Crippen molar-refractivity contribution in [3.8, 4) is 67.5 Å². The van der Waals surface area contributed by atoms with Crippen LogP contribution in [0.4, 0.5) is 0 Å². The second kappa shape index (κ2) is 13.4. The van der Waals surface area contributed by atoms with Crippen molar-refractivity contribution >= 4 is 32.3 Å². The highest BCUT2D eigenvalue weighted by Gasteiger charge is 2.20. The Morgan fingerprint density at radius 3 is 1.43 bits per heavy atom. The smallest absolute Gasteiger partial charge is 0.164 e. The van der Waals surface area contributed by atoms with Gasteiger partial charge in [-0.15, -0.1) is 0 Å². The number of nitrogens with zero attached hydrogens (tertiary/aromatic N) is 3. The van der Waals surface area contributed by atoms with Crippen molar-refractivity contribution in [2.24, 2.45) is 0 Å². The summed E-state index contributed by atoms with van der Waals surface area (Å²) in [5.74, 6) is 1.88. The maximum atomic E-state index is 5.32. The molecule has 0 atom stereocenters. The van der Waals surface area contributed by atoms with E-state index in [1.807, 2.05) is 12.1 Å². The van der Waals surface area contributed by atoms with Crippen molar-refractivity contribution in [2.75, 3.05) is 0 Å². The van der Waals surface area contributed by atoms with Crippen molar-refractivity contribution in [1.82, 2.24) is 15.0 Å². The first kappa shape index (κ1) is 31.5. The average molecular weight is 688 g/mol. The number of hydrogen-bond acceptors (Lipinski definition) is 3. The van der Waals surface area contributed by atoms with E-state index in [0.29, 0.717) is 17.5 Å². The molecular formula is C51H33N3. The molecule has 0 saturated heterocycles. The van der Waals surface area contributed by atoms with Crippen LogP contribution in [0.5, 0.6) is 0 Å². The Bertz CT molecular complexity index is 2970. The normalized spacial score (nSPS) is 11.3. The van der Waals surface area contributed by atoms with Gasteiger partial charge in [-0.1, -0.05) is 194 Å². The molecule has 0 aliphatic heterocycles. The van der Waals surface area contributed by atoms with Gasteiger partial charge in [-0.25, -0.2) is 15.0 Å². The summed E-state index contributed by atoms with van der Waals surface area (Å²) in [5.41, 5.74) is 9.57. The molecule has 252 valence electrons. The molecule has 0 aliphatic carbocycles. The fraction of sp³-hybridized carbons (Fsp3) is 0. The summed E-state index contributed by atoms with van der Waals surface area (Å²) in [7, 11) is 0. The van der Waals surface area contributed by atoms with E-state index < -0.39 is 0 Å². The van der Waals surface area contributed by atoms with Gasteiger partial charge in [0.1, 0.15) is 0 Å². The standard InChI is InChI=1S/C51H33N3/c1-3-15-34(16-4-1)35-27-29-38(30-28-35)49-52-50(45-25-13-11-21-40(45)36-17-5-2-6-18-36)54-51(53-49)46-26-14-12-24-43(46)48-42-23-10-8-20-39(42)33-47-41-22-9-7-19-37(41)31-32-44(47)48/h1-33H. The van der Waals surface area contributed by atoms with E-state index in [0.717, 1.165) is 38.9 Å². The average Bonchev–Trinajstić information content (AvgIpc) is 3.26. The lowest BCUT2D eigenvalue weighted by Gasteiger charge is -2.17. The zero-order valence-corrected chi connectivity index (χ0v) is 29.4. The minimum absolute atomic E-state index is 0.626. The van der Waals surface area contributed by atoms with Crippen LogP contribution in [-0.4, -0.2) is 15.0 Å². The van der Waals surface area contributed by atoms with Crippen LogP contribution in [0.2, 0.25) is 0 Å². The minimum atomic E-state index is 0.626. The monoisotopic (exact) mass is 687 g/mol. The lowest BCUT2D eigenvalue weighted by atomic mass is 9.88. The van der Waals surface area contributed by atoms with E-state index >= 15 is 0 Å². The topological polar surface area (TPSA) is 38.7 Å². The van der Waals surface area contributed by atoms with Gasteiger partial charge in [0.15, 0.2) is 17.5 Å². The van der Waals surface area contributed by atoms with Gasteiger partial charge in [0.2, 0.25) is 0 Å².